The van der Waals surface area contributed by atoms with Gasteiger partial charge in [-0.1, -0.05) is 56.9 Å². The van der Waals surface area contributed by atoms with Gasteiger partial charge in [-0.05, 0) is 99.9 Å². The van der Waals surface area contributed by atoms with Crippen molar-refractivity contribution in [2.24, 2.45) is 0 Å². The number of benzene rings is 2. The van der Waals surface area contributed by atoms with Crippen molar-refractivity contribution >= 4 is 80.5 Å². The summed E-state index contributed by atoms with van der Waals surface area (Å²) in [5.41, 5.74) is 11.6. The molecule has 0 heterocycles. The van der Waals surface area contributed by atoms with Gasteiger partial charge >= 0.3 is 0 Å². The Morgan fingerprint density at radius 3 is 0.931 bits per heavy atom. The molecule has 0 fully saturated rings. The molecule has 0 aliphatic carbocycles. The largest absolute Gasteiger partial charge is 0.125 e. The van der Waals surface area contributed by atoms with Crippen LogP contribution in [-0.4, -0.2) is 20.4 Å². The van der Waals surface area contributed by atoms with Crippen LogP contribution in [0, 0.1) is 55.4 Å². The molecule has 0 N–H and O–H groups in total. The normalized spacial score (nSPS) is 11.4. The standard InChI is InChI=1S/C24H32I2S3/c1-13-17(5)23(18(6)14(2)21(13)27-11-9-25)29-24-19(7)15(3)22(28-12-10-26)16(4)20(24)8/h9-12H2,1-8H3. The van der Waals surface area contributed by atoms with Crippen LogP contribution in [0.5, 0.6) is 0 Å². The third-order valence-electron chi connectivity index (χ3n) is 5.83. The van der Waals surface area contributed by atoms with Crippen molar-refractivity contribution in [1.82, 2.24) is 0 Å². The average Bonchev–Trinajstić information content (AvgIpc) is 2.70. The minimum atomic E-state index is 1.18. The lowest BCUT2D eigenvalue weighted by Crippen LogP contribution is -2.02. The second-order valence-electron chi connectivity index (χ2n) is 7.49. The van der Waals surface area contributed by atoms with Crippen LogP contribution in [-0.2, 0) is 0 Å². The number of hydrogen-bond acceptors (Lipinski definition) is 3. The molecule has 160 valence electrons. The zero-order chi connectivity index (χ0) is 21.9. The highest BCUT2D eigenvalue weighted by molar-refractivity contribution is 14.1. The second-order valence-corrected chi connectivity index (χ2v) is 12.9. The molecule has 0 aliphatic heterocycles. The molecule has 0 amide bonds. The van der Waals surface area contributed by atoms with Gasteiger partial charge in [0.05, 0.1) is 0 Å². The molecule has 29 heavy (non-hydrogen) atoms. The topological polar surface area (TPSA) is 0 Å². The Hall–Kier alpha value is 0.950. The number of rotatable bonds is 8. The highest BCUT2D eigenvalue weighted by Gasteiger charge is 2.20. The molecule has 2 aromatic carbocycles. The molecular formula is C24H32I2S3. The van der Waals surface area contributed by atoms with Crippen molar-refractivity contribution in [3.05, 3.63) is 44.5 Å². The Morgan fingerprint density at radius 2 is 0.690 bits per heavy atom. The minimum Gasteiger partial charge on any atom is -0.125 e. The summed E-state index contributed by atoms with van der Waals surface area (Å²) in [7, 11) is 0. The molecule has 0 nitrogen and oxygen atoms in total. The van der Waals surface area contributed by atoms with E-state index in [1.54, 1.807) is 0 Å². The van der Waals surface area contributed by atoms with E-state index in [1.807, 2.05) is 35.3 Å². The zero-order valence-corrected chi connectivity index (χ0v) is 25.6. The fraction of sp³-hybridized carbons (Fsp3) is 0.500. The van der Waals surface area contributed by atoms with Gasteiger partial charge in [0.15, 0.2) is 0 Å². The van der Waals surface area contributed by atoms with Crippen molar-refractivity contribution in [1.29, 1.82) is 0 Å². The molecule has 0 saturated carbocycles. The molecule has 0 aromatic heterocycles. The van der Waals surface area contributed by atoms with Gasteiger partial charge in [-0.15, -0.1) is 23.5 Å². The lowest BCUT2D eigenvalue weighted by atomic mass is 10.0. The predicted octanol–water partition coefficient (Wildman–Crippen LogP) is 9.36. The maximum Gasteiger partial charge on any atom is 0.0187 e. The molecule has 0 atom stereocenters. The summed E-state index contributed by atoms with van der Waals surface area (Å²) < 4.78 is 2.38. The maximum absolute atomic E-state index is 2.47. The van der Waals surface area contributed by atoms with Gasteiger partial charge in [0.2, 0.25) is 0 Å². The van der Waals surface area contributed by atoms with Crippen molar-refractivity contribution in [3.8, 4) is 0 Å². The van der Waals surface area contributed by atoms with Crippen molar-refractivity contribution < 1.29 is 0 Å². The van der Waals surface area contributed by atoms with E-state index in [9.17, 15) is 0 Å². The molecular weight excluding hydrogens is 638 g/mol. The molecule has 0 spiro atoms. The van der Waals surface area contributed by atoms with E-state index in [4.69, 9.17) is 0 Å². The van der Waals surface area contributed by atoms with E-state index in [2.05, 4.69) is 101 Å². The Kier molecular flexibility index (Phi) is 10.6. The van der Waals surface area contributed by atoms with E-state index in [-0.39, 0.29) is 0 Å². The van der Waals surface area contributed by atoms with E-state index in [0.29, 0.717) is 0 Å². The van der Waals surface area contributed by atoms with Crippen LogP contribution in [0.25, 0.3) is 0 Å². The molecule has 0 saturated heterocycles. The first kappa shape index (κ1) is 26.2. The lowest BCUT2D eigenvalue weighted by molar-refractivity contribution is 1.04. The highest BCUT2D eigenvalue weighted by Crippen LogP contribution is 2.45. The van der Waals surface area contributed by atoms with Crippen molar-refractivity contribution in [3.63, 3.8) is 0 Å². The Balaban J connectivity index is 2.58. The van der Waals surface area contributed by atoms with Gasteiger partial charge in [0, 0.05) is 39.9 Å². The smallest absolute Gasteiger partial charge is 0.0187 e. The van der Waals surface area contributed by atoms with Crippen LogP contribution in [0.4, 0.5) is 0 Å². The van der Waals surface area contributed by atoms with Gasteiger partial charge in [-0.3, -0.25) is 0 Å². The fourth-order valence-corrected chi connectivity index (χ4v) is 8.40. The number of thioether (sulfide) groups is 2. The fourth-order valence-electron chi connectivity index (χ4n) is 3.61. The van der Waals surface area contributed by atoms with E-state index in [0.717, 1.165) is 0 Å². The number of alkyl halides is 2. The van der Waals surface area contributed by atoms with Crippen molar-refractivity contribution in [2.75, 3.05) is 20.4 Å². The Bertz CT molecular complexity index is 772. The predicted molar refractivity (Wildman–Crippen MR) is 154 cm³/mol. The van der Waals surface area contributed by atoms with E-state index < -0.39 is 0 Å². The monoisotopic (exact) mass is 670 g/mol. The molecule has 0 unspecified atom stereocenters. The van der Waals surface area contributed by atoms with Crippen LogP contribution in [0.3, 0.4) is 0 Å². The van der Waals surface area contributed by atoms with Gasteiger partial charge in [-0.2, -0.15) is 0 Å². The lowest BCUT2D eigenvalue weighted by Gasteiger charge is -2.23. The van der Waals surface area contributed by atoms with Crippen molar-refractivity contribution in [2.45, 2.75) is 75.0 Å². The SMILES string of the molecule is Cc1c(C)c(Sc2c(C)c(C)c(SCCI)c(C)c2C)c(C)c(C)c1SCCI. The third-order valence-corrected chi connectivity index (χ3v) is 12.6. The molecule has 2 rings (SSSR count). The summed E-state index contributed by atoms with van der Waals surface area (Å²) >= 11 is 11.0. The first-order valence-electron chi connectivity index (χ1n) is 9.93. The van der Waals surface area contributed by atoms with Gasteiger partial charge < -0.3 is 0 Å². The average molecular weight is 671 g/mol. The Morgan fingerprint density at radius 1 is 0.448 bits per heavy atom. The first-order chi connectivity index (χ1) is 13.7. The van der Waals surface area contributed by atoms with Crippen LogP contribution < -0.4 is 0 Å². The zero-order valence-electron chi connectivity index (χ0n) is 18.8. The van der Waals surface area contributed by atoms with E-state index in [1.165, 1.54) is 84.5 Å². The quantitative estimate of drug-likeness (QED) is 0.156. The second kappa shape index (κ2) is 11.7. The molecule has 2 aromatic rings. The maximum atomic E-state index is 2.47. The minimum absolute atomic E-state index is 1.18. The summed E-state index contributed by atoms with van der Waals surface area (Å²) in [5.74, 6) is 2.36. The van der Waals surface area contributed by atoms with E-state index >= 15 is 0 Å². The number of hydrogen-bond donors (Lipinski definition) is 0. The van der Waals surface area contributed by atoms with Crippen LogP contribution in [0.1, 0.15) is 44.5 Å². The molecule has 0 bridgehead atoms. The number of halogens is 2. The summed E-state index contributed by atoms with van der Waals surface area (Å²) in [4.78, 5) is 5.90. The summed E-state index contributed by atoms with van der Waals surface area (Å²) in [6, 6.07) is 0. The summed E-state index contributed by atoms with van der Waals surface area (Å²) in [6.07, 6.45) is 0. The molecule has 0 aliphatic rings. The van der Waals surface area contributed by atoms with Crippen LogP contribution in [0.2, 0.25) is 0 Å². The van der Waals surface area contributed by atoms with Gasteiger partial charge in [0.25, 0.3) is 0 Å². The van der Waals surface area contributed by atoms with Gasteiger partial charge in [0.1, 0.15) is 0 Å². The highest BCUT2D eigenvalue weighted by atomic mass is 127. The summed E-state index contributed by atoms with van der Waals surface area (Å²) in [6.45, 7) is 18.5. The molecule has 5 heteroatoms. The third kappa shape index (κ3) is 5.66. The van der Waals surface area contributed by atoms with Crippen LogP contribution >= 0.6 is 80.5 Å². The van der Waals surface area contributed by atoms with Crippen LogP contribution in [0.15, 0.2) is 19.6 Å². The Labute approximate surface area is 218 Å². The molecule has 0 radical (unpaired) electrons. The van der Waals surface area contributed by atoms with Gasteiger partial charge in [-0.25, -0.2) is 0 Å². The summed E-state index contributed by atoms with van der Waals surface area (Å²) in [5, 5.41) is 0. The first-order valence-corrected chi connectivity index (χ1v) is 15.8.